The molecule has 21 heavy (non-hydrogen) atoms. The van der Waals surface area contributed by atoms with Crippen LogP contribution in [0.4, 0.5) is 4.79 Å². The van der Waals surface area contributed by atoms with Gasteiger partial charge in [0.25, 0.3) is 0 Å². The fourth-order valence-electron chi connectivity index (χ4n) is 2.03. The molecule has 6 heteroatoms. The summed E-state index contributed by atoms with van der Waals surface area (Å²) in [4.78, 5) is 25.4. The van der Waals surface area contributed by atoms with E-state index in [2.05, 4.69) is 5.32 Å². The normalized spacial score (nSPS) is 16.2. The molecule has 6 nitrogen and oxygen atoms in total. The minimum absolute atomic E-state index is 0.271. The second-order valence-corrected chi connectivity index (χ2v) is 6.34. The molecule has 0 saturated heterocycles. The number of nitrogens with one attached hydrogen (secondary N) is 1. The van der Waals surface area contributed by atoms with Crippen LogP contribution in [0.5, 0.6) is 0 Å². The number of ether oxygens (including phenoxy) is 2. The van der Waals surface area contributed by atoms with Gasteiger partial charge in [0.2, 0.25) is 0 Å². The van der Waals surface area contributed by atoms with Gasteiger partial charge in [0.1, 0.15) is 11.6 Å². The van der Waals surface area contributed by atoms with Gasteiger partial charge in [-0.25, -0.2) is 4.79 Å². The predicted octanol–water partition coefficient (Wildman–Crippen LogP) is 1.93. The molecule has 1 N–H and O–H groups in total. The van der Waals surface area contributed by atoms with Crippen LogP contribution >= 0.6 is 0 Å². The summed E-state index contributed by atoms with van der Waals surface area (Å²) < 4.78 is 10.1. The first-order chi connectivity index (χ1) is 9.78. The summed E-state index contributed by atoms with van der Waals surface area (Å²) in [6.07, 6.45) is 2.42. The molecule has 1 saturated carbocycles. The molecular formula is C15H28N2O4. The van der Waals surface area contributed by atoms with Gasteiger partial charge in [-0.05, 0) is 40.0 Å². The zero-order chi connectivity index (χ0) is 16.0. The molecule has 0 aromatic rings. The van der Waals surface area contributed by atoms with Crippen molar-refractivity contribution in [3.63, 3.8) is 0 Å². The Morgan fingerprint density at radius 3 is 2.38 bits per heavy atom. The van der Waals surface area contributed by atoms with Crippen LogP contribution in [0, 0.1) is 0 Å². The zero-order valence-electron chi connectivity index (χ0n) is 13.8. The summed E-state index contributed by atoms with van der Waals surface area (Å²) in [6.45, 7) is 8.58. The third-order valence-electron chi connectivity index (χ3n) is 3.25. The lowest BCUT2D eigenvalue weighted by Gasteiger charge is -2.28. The van der Waals surface area contributed by atoms with Crippen LogP contribution in [0.25, 0.3) is 0 Å². The van der Waals surface area contributed by atoms with Gasteiger partial charge in [0.15, 0.2) is 0 Å². The van der Waals surface area contributed by atoms with Gasteiger partial charge >= 0.3 is 12.1 Å². The summed E-state index contributed by atoms with van der Waals surface area (Å²) in [5.74, 6) is -0.271. The minimum atomic E-state index is -0.490. The third kappa shape index (κ3) is 6.33. The van der Waals surface area contributed by atoms with Crippen LogP contribution in [-0.2, 0) is 14.3 Å². The lowest BCUT2D eigenvalue weighted by molar-refractivity contribution is -0.143. The van der Waals surface area contributed by atoms with Gasteiger partial charge < -0.3 is 19.7 Å². The molecule has 1 rings (SSSR count). The van der Waals surface area contributed by atoms with Crippen molar-refractivity contribution in [1.82, 2.24) is 10.2 Å². The van der Waals surface area contributed by atoms with E-state index in [1.54, 1.807) is 4.90 Å². The Labute approximate surface area is 127 Å². The van der Waals surface area contributed by atoms with Crippen molar-refractivity contribution >= 4 is 12.1 Å². The average Bonchev–Trinajstić information content (AvgIpc) is 3.20. The number of hydrogen-bond acceptors (Lipinski definition) is 5. The van der Waals surface area contributed by atoms with Crippen LogP contribution < -0.4 is 5.32 Å². The number of carbonyl (C=O) groups is 2. The Morgan fingerprint density at radius 2 is 1.95 bits per heavy atom. The first-order valence-electron chi connectivity index (χ1n) is 7.59. The number of amides is 1. The quantitative estimate of drug-likeness (QED) is 0.728. The number of rotatable bonds is 7. The summed E-state index contributed by atoms with van der Waals surface area (Å²) in [5.41, 5.74) is -0.490. The van der Waals surface area contributed by atoms with Crippen LogP contribution in [0.3, 0.4) is 0 Å². The molecule has 1 amide bonds. The summed E-state index contributed by atoms with van der Waals surface area (Å²) >= 11 is 0. The van der Waals surface area contributed by atoms with Gasteiger partial charge in [0.05, 0.1) is 7.11 Å². The fourth-order valence-corrected chi connectivity index (χ4v) is 2.03. The Balaban J connectivity index is 2.45. The molecule has 0 aliphatic heterocycles. The van der Waals surface area contributed by atoms with Crippen molar-refractivity contribution in [2.45, 2.75) is 64.6 Å². The van der Waals surface area contributed by atoms with Crippen molar-refractivity contribution in [1.29, 1.82) is 0 Å². The molecule has 0 radical (unpaired) electrons. The van der Waals surface area contributed by atoms with Gasteiger partial charge in [-0.15, -0.1) is 0 Å². The molecule has 1 aliphatic carbocycles. The molecule has 1 unspecified atom stereocenters. The number of hydrogen-bond donors (Lipinski definition) is 1. The largest absolute Gasteiger partial charge is 0.468 e. The topological polar surface area (TPSA) is 67.9 Å². The lowest BCUT2D eigenvalue weighted by atomic mass is 10.2. The van der Waals surface area contributed by atoms with Crippen molar-refractivity contribution in [2.24, 2.45) is 0 Å². The predicted molar refractivity (Wildman–Crippen MR) is 80.1 cm³/mol. The standard InChI is InChI=1S/C15H28N2O4/c1-6-12(13(18)20-5)16-9-10-17(11-7-8-11)14(19)21-15(2,3)4/h11-12,16H,6-10H2,1-5H3. The molecule has 0 aromatic heterocycles. The van der Waals surface area contributed by atoms with Gasteiger partial charge in [-0.3, -0.25) is 4.79 Å². The van der Waals surface area contributed by atoms with Crippen LogP contribution in [-0.4, -0.2) is 54.8 Å². The van der Waals surface area contributed by atoms with E-state index in [-0.39, 0.29) is 24.1 Å². The highest BCUT2D eigenvalue weighted by atomic mass is 16.6. The van der Waals surface area contributed by atoms with E-state index in [1.165, 1.54) is 7.11 Å². The van der Waals surface area contributed by atoms with E-state index in [0.717, 1.165) is 12.8 Å². The van der Waals surface area contributed by atoms with Gasteiger partial charge in [-0.1, -0.05) is 6.92 Å². The maximum atomic E-state index is 12.2. The average molecular weight is 300 g/mol. The SMILES string of the molecule is CCC(NCCN(C(=O)OC(C)(C)C)C1CC1)C(=O)OC. The number of methoxy groups -OCH3 is 1. The first kappa shape index (κ1) is 17.8. The Hall–Kier alpha value is -1.30. The summed E-state index contributed by atoms with van der Waals surface area (Å²) in [5, 5.41) is 3.13. The number of carbonyl (C=O) groups excluding carboxylic acids is 2. The van der Waals surface area contributed by atoms with E-state index in [0.29, 0.717) is 19.5 Å². The van der Waals surface area contributed by atoms with E-state index in [9.17, 15) is 9.59 Å². The fraction of sp³-hybridized carbons (Fsp3) is 0.867. The summed E-state index contributed by atoms with van der Waals surface area (Å²) in [7, 11) is 1.38. The van der Waals surface area contributed by atoms with Crippen molar-refractivity contribution in [3.8, 4) is 0 Å². The molecule has 0 heterocycles. The zero-order valence-corrected chi connectivity index (χ0v) is 13.8. The van der Waals surface area contributed by atoms with E-state index >= 15 is 0 Å². The first-order valence-corrected chi connectivity index (χ1v) is 7.59. The highest BCUT2D eigenvalue weighted by Crippen LogP contribution is 2.28. The third-order valence-corrected chi connectivity index (χ3v) is 3.25. The summed E-state index contributed by atoms with van der Waals surface area (Å²) in [6, 6.07) is -0.0467. The number of nitrogens with zero attached hydrogens (tertiary/aromatic N) is 1. The highest BCUT2D eigenvalue weighted by Gasteiger charge is 2.35. The van der Waals surface area contributed by atoms with Crippen LogP contribution in [0.15, 0.2) is 0 Å². The molecule has 1 fully saturated rings. The number of esters is 1. The molecule has 0 aromatic carbocycles. The van der Waals surface area contributed by atoms with Crippen molar-refractivity contribution < 1.29 is 19.1 Å². The molecular weight excluding hydrogens is 272 g/mol. The van der Waals surface area contributed by atoms with Crippen molar-refractivity contribution in [3.05, 3.63) is 0 Å². The molecule has 0 bridgehead atoms. The Bertz CT molecular complexity index is 361. The highest BCUT2D eigenvalue weighted by molar-refractivity contribution is 5.75. The molecule has 0 spiro atoms. The van der Waals surface area contributed by atoms with Crippen LogP contribution in [0.1, 0.15) is 47.0 Å². The van der Waals surface area contributed by atoms with Crippen molar-refractivity contribution in [2.75, 3.05) is 20.2 Å². The second kappa shape index (κ2) is 7.64. The maximum Gasteiger partial charge on any atom is 0.410 e. The Morgan fingerprint density at radius 1 is 1.33 bits per heavy atom. The van der Waals surface area contributed by atoms with Gasteiger partial charge in [-0.2, -0.15) is 0 Å². The smallest absolute Gasteiger partial charge is 0.410 e. The Kier molecular flexibility index (Phi) is 6.45. The van der Waals surface area contributed by atoms with Gasteiger partial charge in [0, 0.05) is 19.1 Å². The monoisotopic (exact) mass is 300 g/mol. The second-order valence-electron chi connectivity index (χ2n) is 6.34. The van der Waals surface area contributed by atoms with Crippen LogP contribution in [0.2, 0.25) is 0 Å². The molecule has 1 atom stereocenters. The van der Waals surface area contributed by atoms with E-state index in [1.807, 2.05) is 27.7 Å². The maximum absolute atomic E-state index is 12.2. The molecule has 122 valence electrons. The lowest BCUT2D eigenvalue weighted by Crippen LogP contribution is -2.45. The van der Waals surface area contributed by atoms with E-state index < -0.39 is 5.60 Å². The van der Waals surface area contributed by atoms with E-state index in [4.69, 9.17) is 9.47 Å². The molecule has 1 aliphatic rings. The minimum Gasteiger partial charge on any atom is -0.468 e.